The third-order valence-corrected chi connectivity index (χ3v) is 4.83. The minimum absolute atomic E-state index is 0.0212. The molecule has 1 aliphatic heterocycles. The lowest BCUT2D eigenvalue weighted by molar-refractivity contribution is -0.806. The molecule has 0 aromatic carbocycles. The molecule has 2 nitrogen and oxygen atoms in total. The predicted octanol–water partition coefficient (Wildman–Crippen LogP) is -0.213. The van der Waals surface area contributed by atoms with E-state index in [2.05, 4.69) is 25.6 Å². The lowest BCUT2D eigenvalue weighted by Crippen LogP contribution is -2.58. The quantitative estimate of drug-likeness (QED) is 0.479. The Morgan fingerprint density at radius 3 is 2.70 bits per heavy atom. The van der Waals surface area contributed by atoms with E-state index in [1.807, 2.05) is 0 Å². The monoisotopic (exact) mass is 159 g/mol. The molecular formula is C7H19N2Si+. The van der Waals surface area contributed by atoms with E-state index in [-0.39, 0.29) is 9.84 Å². The molecule has 1 aliphatic rings. The van der Waals surface area contributed by atoms with Crippen LogP contribution in [0.3, 0.4) is 0 Å². The van der Waals surface area contributed by atoms with Gasteiger partial charge in [-0.2, -0.15) is 0 Å². The number of rotatable bonds is 1. The first-order valence-corrected chi connectivity index (χ1v) is 5.45. The minimum atomic E-state index is 0.0212. The highest BCUT2D eigenvalue weighted by atomic mass is 28.2. The van der Waals surface area contributed by atoms with E-state index in [9.17, 15) is 0 Å². The van der Waals surface area contributed by atoms with Crippen molar-refractivity contribution in [1.82, 2.24) is 4.57 Å². The molecule has 0 amide bonds. The summed E-state index contributed by atoms with van der Waals surface area (Å²) in [7, 11) is 4.70. The van der Waals surface area contributed by atoms with Gasteiger partial charge in [0.25, 0.3) is 0 Å². The van der Waals surface area contributed by atoms with Gasteiger partial charge in [0.1, 0.15) is 0 Å². The van der Waals surface area contributed by atoms with Crippen LogP contribution in [-0.4, -0.2) is 52.3 Å². The Kier molecular flexibility index (Phi) is 2.49. The molecule has 0 bridgehead atoms. The lowest BCUT2D eigenvalue weighted by Gasteiger charge is -2.41. The molecular weight excluding hydrogens is 140 g/mol. The fourth-order valence-electron chi connectivity index (χ4n) is 1.70. The highest BCUT2D eigenvalue weighted by Gasteiger charge is 2.26. The van der Waals surface area contributed by atoms with Gasteiger partial charge >= 0.3 is 9.84 Å². The van der Waals surface area contributed by atoms with Crippen LogP contribution in [0.25, 0.3) is 0 Å². The third kappa shape index (κ3) is 1.81. The minimum Gasteiger partial charge on any atom is -0.378 e. The molecule has 3 heteroatoms. The molecule has 1 rings (SSSR count). The summed E-state index contributed by atoms with van der Waals surface area (Å²) in [6.45, 7) is 6.41. The summed E-state index contributed by atoms with van der Waals surface area (Å²) in [6, 6.07) is 0. The molecule has 10 heavy (non-hydrogen) atoms. The Morgan fingerprint density at radius 1 is 1.60 bits per heavy atom. The van der Waals surface area contributed by atoms with Crippen molar-refractivity contribution in [3.63, 3.8) is 0 Å². The molecule has 0 aromatic rings. The third-order valence-electron chi connectivity index (χ3n) is 2.58. The molecule has 1 unspecified atom stereocenters. The zero-order valence-corrected chi connectivity index (χ0v) is 8.84. The molecule has 1 heterocycles. The van der Waals surface area contributed by atoms with E-state index in [0.717, 1.165) is 0 Å². The van der Waals surface area contributed by atoms with E-state index in [1.165, 1.54) is 30.2 Å². The summed E-state index contributed by atoms with van der Waals surface area (Å²) in [5, 5.41) is 0. The highest BCUT2D eigenvalue weighted by Crippen LogP contribution is 2.08. The van der Waals surface area contributed by atoms with Gasteiger partial charge in [0.05, 0.1) is 20.1 Å². The van der Waals surface area contributed by atoms with Crippen molar-refractivity contribution in [1.29, 1.82) is 0 Å². The summed E-state index contributed by atoms with van der Waals surface area (Å²) < 4.78 is 3.93. The van der Waals surface area contributed by atoms with E-state index >= 15 is 0 Å². The maximum atomic E-state index is 2.56. The van der Waals surface area contributed by atoms with Crippen LogP contribution in [0, 0.1) is 0 Å². The molecule has 1 atom stereocenters. The molecule has 1 fully saturated rings. The van der Waals surface area contributed by atoms with Crippen LogP contribution in [0.5, 0.6) is 0 Å². The Labute approximate surface area is 66.4 Å². The van der Waals surface area contributed by atoms with Crippen LogP contribution in [0.1, 0.15) is 13.3 Å². The first-order chi connectivity index (χ1) is 4.66. The van der Waals surface area contributed by atoms with Crippen LogP contribution >= 0.6 is 0 Å². The van der Waals surface area contributed by atoms with Gasteiger partial charge in [-0.3, -0.25) is 4.57 Å². The maximum Gasteiger partial charge on any atom is 0.337 e. The number of hydrogen-bond acceptors (Lipinski definition) is 1. The standard InChI is InChI=1S/C7H19N2Si/c1-4-9(3)7-5-6-8(2)10-9/h4-7,10H2,1-3H3/q+1. The van der Waals surface area contributed by atoms with Crippen LogP contribution < -0.4 is 0 Å². The number of quaternary nitrogens is 1. The van der Waals surface area contributed by atoms with Gasteiger partial charge in [-0.25, -0.2) is 0 Å². The summed E-state index contributed by atoms with van der Waals surface area (Å²) in [5.41, 5.74) is 0. The lowest BCUT2D eigenvalue weighted by atomic mass is 10.4. The summed E-state index contributed by atoms with van der Waals surface area (Å²) in [4.78, 5) is 0. The SMILES string of the molecule is CC[N+]1(C)CCCN(C)[SiH2]1. The Balaban J connectivity index is 2.45. The molecule has 0 N–H and O–H groups in total. The molecule has 1 saturated heterocycles. The predicted molar refractivity (Wildman–Crippen MR) is 47.4 cm³/mol. The summed E-state index contributed by atoms with van der Waals surface area (Å²) in [5.74, 6) is 0. The van der Waals surface area contributed by atoms with Crippen molar-refractivity contribution < 1.29 is 4.15 Å². The second kappa shape index (κ2) is 3.03. The Bertz CT molecular complexity index is 118. The second-order valence-electron chi connectivity index (χ2n) is 3.73. The van der Waals surface area contributed by atoms with E-state index in [0.29, 0.717) is 0 Å². The van der Waals surface area contributed by atoms with Crippen LogP contribution in [-0.2, 0) is 0 Å². The fourth-order valence-corrected chi connectivity index (χ4v) is 3.80. The van der Waals surface area contributed by atoms with Gasteiger partial charge in [0.2, 0.25) is 0 Å². The molecule has 0 aromatic heterocycles. The highest BCUT2D eigenvalue weighted by molar-refractivity contribution is 6.22. The van der Waals surface area contributed by atoms with Gasteiger partial charge in [0, 0.05) is 13.0 Å². The van der Waals surface area contributed by atoms with E-state index in [1.54, 1.807) is 0 Å². The smallest absolute Gasteiger partial charge is 0.337 e. The van der Waals surface area contributed by atoms with Crippen molar-refractivity contribution in [2.75, 3.05) is 33.7 Å². The normalized spacial score (nSPS) is 38.7. The van der Waals surface area contributed by atoms with Gasteiger partial charge in [-0.15, -0.1) is 0 Å². The zero-order valence-electron chi connectivity index (χ0n) is 7.43. The van der Waals surface area contributed by atoms with Crippen molar-refractivity contribution in [3.8, 4) is 0 Å². The van der Waals surface area contributed by atoms with Crippen molar-refractivity contribution in [2.45, 2.75) is 13.3 Å². The van der Waals surface area contributed by atoms with Crippen molar-refractivity contribution >= 4 is 9.84 Å². The van der Waals surface area contributed by atoms with E-state index < -0.39 is 0 Å². The molecule has 0 radical (unpaired) electrons. The van der Waals surface area contributed by atoms with Gasteiger partial charge in [0.15, 0.2) is 0 Å². The zero-order chi connectivity index (χ0) is 7.61. The van der Waals surface area contributed by atoms with Gasteiger partial charge in [-0.05, 0) is 14.0 Å². The van der Waals surface area contributed by atoms with E-state index in [4.69, 9.17) is 0 Å². The van der Waals surface area contributed by atoms with Crippen LogP contribution in [0.2, 0.25) is 0 Å². The number of hydrogen-bond donors (Lipinski definition) is 0. The molecule has 0 saturated carbocycles. The number of nitrogens with zero attached hydrogens (tertiary/aromatic N) is 2. The largest absolute Gasteiger partial charge is 0.378 e. The van der Waals surface area contributed by atoms with Gasteiger partial charge in [-0.1, -0.05) is 0 Å². The first kappa shape index (κ1) is 8.24. The Hall–Kier alpha value is 0.137. The maximum absolute atomic E-state index is 2.56. The summed E-state index contributed by atoms with van der Waals surface area (Å²) in [6.07, 6.45) is 1.40. The van der Waals surface area contributed by atoms with Crippen molar-refractivity contribution in [3.05, 3.63) is 0 Å². The van der Waals surface area contributed by atoms with Crippen LogP contribution in [0.4, 0.5) is 0 Å². The van der Waals surface area contributed by atoms with Crippen LogP contribution in [0.15, 0.2) is 0 Å². The first-order valence-electron chi connectivity index (χ1n) is 4.18. The fraction of sp³-hybridized carbons (Fsp3) is 1.00. The molecule has 0 spiro atoms. The van der Waals surface area contributed by atoms with Gasteiger partial charge < -0.3 is 4.15 Å². The Morgan fingerprint density at radius 2 is 2.30 bits per heavy atom. The molecule has 0 aliphatic carbocycles. The topological polar surface area (TPSA) is 3.24 Å². The van der Waals surface area contributed by atoms with Crippen molar-refractivity contribution in [2.24, 2.45) is 0 Å². The average Bonchev–Trinajstić information content (AvgIpc) is 1.88. The average molecular weight is 159 g/mol. The molecule has 60 valence electrons. The second-order valence-corrected chi connectivity index (χ2v) is 6.62. The summed E-state index contributed by atoms with van der Waals surface area (Å²) >= 11 is 0.